The zero-order valence-corrected chi connectivity index (χ0v) is 11.6. The summed E-state index contributed by atoms with van der Waals surface area (Å²) < 4.78 is 4.24. The summed E-state index contributed by atoms with van der Waals surface area (Å²) in [6.07, 6.45) is 0. The summed E-state index contributed by atoms with van der Waals surface area (Å²) in [4.78, 5) is 16.4. The molecule has 2 N–H and O–H groups in total. The lowest BCUT2D eigenvalue weighted by molar-refractivity contribution is 0.0702. The second-order valence-electron chi connectivity index (χ2n) is 4.04. The first kappa shape index (κ1) is 13.0. The third-order valence-corrected chi connectivity index (χ3v) is 4.00. The zero-order chi connectivity index (χ0) is 13.1. The highest BCUT2D eigenvalue weighted by Gasteiger charge is 2.09. The molecule has 0 radical (unpaired) electrons. The van der Waals surface area contributed by atoms with Crippen molar-refractivity contribution in [3.05, 3.63) is 27.7 Å². The molecule has 0 saturated heterocycles. The number of thiophene rings is 1. The second-order valence-corrected chi connectivity index (χ2v) is 5.96. The number of carboxylic acid groups (broad SMARTS) is 1. The molecule has 0 aromatic carbocycles. The van der Waals surface area contributed by atoms with Gasteiger partial charge in [0, 0.05) is 22.3 Å². The van der Waals surface area contributed by atoms with E-state index in [0.29, 0.717) is 17.3 Å². The smallest absolute Gasteiger partial charge is 0.345 e. The van der Waals surface area contributed by atoms with E-state index in [-0.39, 0.29) is 0 Å². The minimum absolute atomic E-state index is 0.317. The lowest BCUT2D eigenvalue weighted by atomic mass is 10.2. The van der Waals surface area contributed by atoms with Crippen LogP contribution in [0.2, 0.25) is 0 Å². The molecule has 5 nitrogen and oxygen atoms in total. The molecule has 96 valence electrons. The molecular weight excluding hydrogens is 270 g/mol. The SMILES string of the molecule is CC(C)c1nsc(NCc2ccc(C(=O)O)s2)n1. The van der Waals surface area contributed by atoms with Crippen LogP contribution in [-0.2, 0) is 6.54 Å². The summed E-state index contributed by atoms with van der Waals surface area (Å²) in [5, 5.41) is 12.7. The maximum absolute atomic E-state index is 10.7. The van der Waals surface area contributed by atoms with Crippen molar-refractivity contribution < 1.29 is 9.90 Å². The molecule has 7 heteroatoms. The molecule has 0 fully saturated rings. The van der Waals surface area contributed by atoms with Crippen LogP contribution in [0.3, 0.4) is 0 Å². The standard InChI is InChI=1S/C11H13N3O2S2/c1-6(2)9-13-11(18-14-9)12-5-7-3-4-8(17-7)10(15)16/h3-4,6H,5H2,1-2H3,(H,15,16)(H,12,13,14). The van der Waals surface area contributed by atoms with Gasteiger partial charge in [-0.25, -0.2) is 9.78 Å². The lowest BCUT2D eigenvalue weighted by Crippen LogP contribution is -1.97. The normalized spacial score (nSPS) is 10.8. The molecule has 0 unspecified atom stereocenters. The van der Waals surface area contributed by atoms with E-state index in [0.717, 1.165) is 15.8 Å². The number of aromatic carboxylic acids is 1. The van der Waals surface area contributed by atoms with Gasteiger partial charge in [-0.15, -0.1) is 11.3 Å². The average molecular weight is 283 g/mol. The molecule has 0 amide bonds. The van der Waals surface area contributed by atoms with Crippen molar-refractivity contribution in [2.24, 2.45) is 0 Å². The summed E-state index contributed by atoms with van der Waals surface area (Å²) in [5.41, 5.74) is 0. The number of rotatable bonds is 5. The Balaban J connectivity index is 1.95. The van der Waals surface area contributed by atoms with Crippen LogP contribution in [-0.4, -0.2) is 20.4 Å². The predicted octanol–water partition coefficient (Wildman–Crippen LogP) is 3.03. The number of carbonyl (C=O) groups is 1. The molecule has 0 bridgehead atoms. The highest BCUT2D eigenvalue weighted by molar-refractivity contribution is 7.14. The molecular formula is C11H13N3O2S2. The van der Waals surface area contributed by atoms with Gasteiger partial charge < -0.3 is 10.4 Å². The Bertz CT molecular complexity index is 548. The third kappa shape index (κ3) is 3.05. The Hall–Kier alpha value is -1.47. The summed E-state index contributed by atoms with van der Waals surface area (Å²) >= 11 is 2.59. The average Bonchev–Trinajstić information content (AvgIpc) is 2.95. The fourth-order valence-corrected chi connectivity index (χ4v) is 2.78. The van der Waals surface area contributed by atoms with Crippen LogP contribution in [0.5, 0.6) is 0 Å². The quantitative estimate of drug-likeness (QED) is 0.882. The third-order valence-electron chi connectivity index (χ3n) is 2.24. The van der Waals surface area contributed by atoms with Gasteiger partial charge in [-0.3, -0.25) is 0 Å². The Kier molecular flexibility index (Phi) is 3.93. The Labute approximate surface area is 113 Å². The summed E-state index contributed by atoms with van der Waals surface area (Å²) in [7, 11) is 0. The van der Waals surface area contributed by atoms with Gasteiger partial charge in [-0.05, 0) is 12.1 Å². The van der Waals surface area contributed by atoms with Gasteiger partial charge in [0.25, 0.3) is 0 Å². The fourth-order valence-electron chi connectivity index (χ4n) is 1.29. The van der Waals surface area contributed by atoms with Gasteiger partial charge in [0.15, 0.2) is 0 Å². The summed E-state index contributed by atoms with van der Waals surface area (Å²) in [6, 6.07) is 3.43. The van der Waals surface area contributed by atoms with Crippen LogP contribution in [0.4, 0.5) is 5.13 Å². The number of carboxylic acids is 1. The van der Waals surface area contributed by atoms with Crippen molar-refractivity contribution in [3.8, 4) is 0 Å². The highest BCUT2D eigenvalue weighted by Crippen LogP contribution is 2.20. The van der Waals surface area contributed by atoms with Crippen molar-refractivity contribution in [3.63, 3.8) is 0 Å². The van der Waals surface area contributed by atoms with Crippen LogP contribution in [0.1, 0.15) is 40.1 Å². The van der Waals surface area contributed by atoms with E-state index < -0.39 is 5.97 Å². The van der Waals surface area contributed by atoms with Gasteiger partial charge in [-0.2, -0.15) is 4.37 Å². The Morgan fingerprint density at radius 1 is 1.50 bits per heavy atom. The molecule has 2 aromatic heterocycles. The van der Waals surface area contributed by atoms with E-state index in [9.17, 15) is 4.79 Å². The van der Waals surface area contributed by atoms with Crippen LogP contribution in [0.15, 0.2) is 12.1 Å². The monoisotopic (exact) mass is 283 g/mol. The minimum atomic E-state index is -0.885. The molecule has 0 aliphatic heterocycles. The van der Waals surface area contributed by atoms with Crippen LogP contribution in [0.25, 0.3) is 0 Å². The molecule has 0 saturated carbocycles. The first-order valence-electron chi connectivity index (χ1n) is 5.45. The van der Waals surface area contributed by atoms with Crippen molar-refractivity contribution in [1.82, 2.24) is 9.36 Å². The molecule has 2 heterocycles. The van der Waals surface area contributed by atoms with Gasteiger partial charge in [0.05, 0.1) is 6.54 Å². The zero-order valence-electron chi connectivity index (χ0n) is 10.0. The Morgan fingerprint density at radius 2 is 2.28 bits per heavy atom. The predicted molar refractivity (Wildman–Crippen MR) is 72.6 cm³/mol. The number of nitrogens with one attached hydrogen (secondary N) is 1. The number of aromatic nitrogens is 2. The largest absolute Gasteiger partial charge is 0.477 e. The van der Waals surface area contributed by atoms with E-state index in [2.05, 4.69) is 14.7 Å². The molecule has 0 spiro atoms. The first-order valence-corrected chi connectivity index (χ1v) is 7.04. The number of hydrogen-bond donors (Lipinski definition) is 2. The maximum Gasteiger partial charge on any atom is 0.345 e. The minimum Gasteiger partial charge on any atom is -0.477 e. The van der Waals surface area contributed by atoms with E-state index in [1.807, 2.05) is 19.9 Å². The van der Waals surface area contributed by atoms with Crippen molar-refractivity contribution in [2.75, 3.05) is 5.32 Å². The van der Waals surface area contributed by atoms with Gasteiger partial charge >= 0.3 is 5.97 Å². The van der Waals surface area contributed by atoms with Crippen molar-refractivity contribution in [1.29, 1.82) is 0 Å². The molecule has 18 heavy (non-hydrogen) atoms. The van der Waals surface area contributed by atoms with E-state index in [1.54, 1.807) is 6.07 Å². The van der Waals surface area contributed by atoms with Crippen molar-refractivity contribution in [2.45, 2.75) is 26.3 Å². The molecule has 0 aliphatic rings. The number of hydrogen-bond acceptors (Lipinski definition) is 6. The molecule has 0 aliphatic carbocycles. The fraction of sp³-hybridized carbons (Fsp3) is 0.364. The summed E-state index contributed by atoms with van der Waals surface area (Å²) in [6.45, 7) is 4.67. The second kappa shape index (κ2) is 5.45. The number of anilines is 1. The maximum atomic E-state index is 10.7. The van der Waals surface area contributed by atoms with Gasteiger partial charge in [-0.1, -0.05) is 13.8 Å². The van der Waals surface area contributed by atoms with E-state index >= 15 is 0 Å². The first-order chi connectivity index (χ1) is 8.56. The molecule has 2 rings (SSSR count). The number of nitrogens with zero attached hydrogens (tertiary/aromatic N) is 2. The highest BCUT2D eigenvalue weighted by atomic mass is 32.1. The molecule has 0 atom stereocenters. The van der Waals surface area contributed by atoms with Gasteiger partial charge in [0.2, 0.25) is 5.13 Å². The Morgan fingerprint density at radius 3 is 2.83 bits per heavy atom. The lowest BCUT2D eigenvalue weighted by Gasteiger charge is -1.98. The van der Waals surface area contributed by atoms with E-state index in [1.165, 1.54) is 22.9 Å². The van der Waals surface area contributed by atoms with Crippen molar-refractivity contribution >= 4 is 34.0 Å². The summed E-state index contributed by atoms with van der Waals surface area (Å²) in [5.74, 6) is 0.265. The van der Waals surface area contributed by atoms with Crippen LogP contribution in [0, 0.1) is 0 Å². The topological polar surface area (TPSA) is 75.1 Å². The van der Waals surface area contributed by atoms with Gasteiger partial charge in [0.1, 0.15) is 10.7 Å². The molecule has 2 aromatic rings. The van der Waals surface area contributed by atoms with Crippen LogP contribution < -0.4 is 5.32 Å². The van der Waals surface area contributed by atoms with Crippen LogP contribution >= 0.6 is 22.9 Å². The van der Waals surface area contributed by atoms with E-state index in [4.69, 9.17) is 5.11 Å².